The summed E-state index contributed by atoms with van der Waals surface area (Å²) >= 11 is 12.5. The van der Waals surface area contributed by atoms with Crippen molar-refractivity contribution < 1.29 is 53.7 Å². The number of fused-ring (bicyclic) bond motifs is 1. The van der Waals surface area contributed by atoms with Crippen LogP contribution in [0.5, 0.6) is 17.2 Å². The minimum Gasteiger partial charge on any atom is -0.549 e. The van der Waals surface area contributed by atoms with Crippen LogP contribution in [0.3, 0.4) is 0 Å². The molecule has 0 radical (unpaired) electrons. The van der Waals surface area contributed by atoms with Crippen LogP contribution in [0.2, 0.25) is 10.0 Å². The molecule has 1 unspecified atom stereocenters. The van der Waals surface area contributed by atoms with E-state index in [9.17, 15) is 14.7 Å². The normalized spacial score (nSPS) is 16.2. The fourth-order valence-electron chi connectivity index (χ4n) is 4.70. The van der Waals surface area contributed by atoms with Crippen LogP contribution >= 0.6 is 23.2 Å². The molecule has 1 aliphatic carbocycles. The predicted octanol–water partition coefficient (Wildman–Crippen LogP) is 3.49. The number of carbonyl (C=O) groups excluding carboxylic acids is 2. The van der Waals surface area contributed by atoms with Gasteiger partial charge < -0.3 is 19.4 Å². The third-order valence-electron chi connectivity index (χ3n) is 6.77. The third-order valence-corrected chi connectivity index (χ3v) is 7.30. The standard InChI is InChI=1S/C29H26Cl2O5.Na/c30-20-9-6-17(23(14-20)18-4-5-18)2-1-3-26(32)19-7-10-21(11-8-19)36-28-16-27-24(15-25(28)31)22(29(33)34)12-13-35-27;/h6-11,14-16,18,22H,1-5,12-13H2,(H,33,34);/q;+1/p-1. The molecule has 3 aromatic carbocycles. The fourth-order valence-corrected chi connectivity index (χ4v) is 5.09. The maximum absolute atomic E-state index is 12.7. The Morgan fingerprint density at radius 1 is 0.973 bits per heavy atom. The Kier molecular flexibility index (Phi) is 9.25. The van der Waals surface area contributed by atoms with Gasteiger partial charge in [-0.05, 0) is 91.6 Å². The summed E-state index contributed by atoms with van der Waals surface area (Å²) in [7, 11) is 0. The maximum atomic E-state index is 12.7. The van der Waals surface area contributed by atoms with Crippen molar-refractivity contribution in [2.24, 2.45) is 0 Å². The van der Waals surface area contributed by atoms with Crippen LogP contribution in [0.4, 0.5) is 0 Å². The number of carboxylic acids is 1. The molecule has 0 N–H and O–H groups in total. The number of hydrogen-bond acceptors (Lipinski definition) is 5. The topological polar surface area (TPSA) is 75.7 Å². The molecular formula is C29H25Cl2NaO5. The number of ether oxygens (including phenoxy) is 2. The van der Waals surface area contributed by atoms with Crippen LogP contribution in [0.1, 0.15) is 71.0 Å². The van der Waals surface area contributed by atoms with Crippen LogP contribution in [-0.4, -0.2) is 18.4 Å². The number of Topliss-reactive ketones (excluding diaryl/α,β-unsaturated/α-hetero) is 1. The average molecular weight is 547 g/mol. The molecule has 1 fully saturated rings. The van der Waals surface area contributed by atoms with Crippen molar-refractivity contribution in [3.8, 4) is 17.2 Å². The molecule has 37 heavy (non-hydrogen) atoms. The number of carboxylic acid groups (broad SMARTS) is 1. The zero-order valence-corrected chi connectivity index (χ0v) is 24.1. The number of benzene rings is 3. The van der Waals surface area contributed by atoms with E-state index in [1.165, 1.54) is 24.0 Å². The van der Waals surface area contributed by atoms with Gasteiger partial charge in [0.15, 0.2) is 5.78 Å². The quantitative estimate of drug-likeness (QED) is 0.303. The molecule has 2 aliphatic rings. The van der Waals surface area contributed by atoms with E-state index in [0.717, 1.165) is 17.9 Å². The van der Waals surface area contributed by atoms with E-state index in [0.29, 0.717) is 47.1 Å². The molecular weight excluding hydrogens is 522 g/mol. The van der Waals surface area contributed by atoms with Gasteiger partial charge in [0.05, 0.1) is 11.6 Å². The van der Waals surface area contributed by atoms with Crippen LogP contribution in [0, 0.1) is 0 Å². The summed E-state index contributed by atoms with van der Waals surface area (Å²) in [4.78, 5) is 24.1. The first-order valence-electron chi connectivity index (χ1n) is 12.2. The molecule has 1 atom stereocenters. The first-order valence-corrected chi connectivity index (χ1v) is 12.9. The zero-order valence-electron chi connectivity index (χ0n) is 20.6. The van der Waals surface area contributed by atoms with E-state index in [1.807, 2.05) is 6.07 Å². The summed E-state index contributed by atoms with van der Waals surface area (Å²) in [6, 6.07) is 16.1. The molecule has 8 heteroatoms. The number of aryl methyl sites for hydroxylation is 1. The van der Waals surface area contributed by atoms with Gasteiger partial charge in [-0.1, -0.05) is 29.3 Å². The number of halogens is 2. The molecule has 0 amide bonds. The monoisotopic (exact) mass is 546 g/mol. The summed E-state index contributed by atoms with van der Waals surface area (Å²) in [5.41, 5.74) is 3.73. The van der Waals surface area contributed by atoms with E-state index >= 15 is 0 Å². The second-order valence-electron chi connectivity index (χ2n) is 9.35. The van der Waals surface area contributed by atoms with Gasteiger partial charge >= 0.3 is 29.6 Å². The number of carbonyl (C=O) groups is 2. The Balaban J connectivity index is 0.00000320. The first-order chi connectivity index (χ1) is 17.4. The van der Waals surface area contributed by atoms with Gasteiger partial charge in [-0.25, -0.2) is 0 Å². The predicted molar refractivity (Wildman–Crippen MR) is 137 cm³/mol. The summed E-state index contributed by atoms with van der Waals surface area (Å²) < 4.78 is 11.5. The van der Waals surface area contributed by atoms with Crippen LogP contribution < -0.4 is 44.1 Å². The number of aliphatic carboxylic acids is 1. The molecule has 1 heterocycles. The minimum atomic E-state index is -1.15. The molecule has 186 valence electrons. The van der Waals surface area contributed by atoms with E-state index in [2.05, 4.69) is 12.1 Å². The molecule has 1 aliphatic heterocycles. The largest absolute Gasteiger partial charge is 1.00 e. The smallest absolute Gasteiger partial charge is 0.549 e. The van der Waals surface area contributed by atoms with Gasteiger partial charge in [-0.2, -0.15) is 0 Å². The van der Waals surface area contributed by atoms with Crippen LogP contribution in [-0.2, 0) is 11.2 Å². The summed E-state index contributed by atoms with van der Waals surface area (Å²) in [6.07, 6.45) is 4.85. The third kappa shape index (κ3) is 6.71. The molecule has 0 bridgehead atoms. The van der Waals surface area contributed by atoms with E-state index in [4.69, 9.17) is 32.7 Å². The van der Waals surface area contributed by atoms with Gasteiger partial charge in [-0.15, -0.1) is 0 Å². The van der Waals surface area contributed by atoms with Crippen molar-refractivity contribution in [2.45, 2.75) is 50.4 Å². The van der Waals surface area contributed by atoms with E-state index in [1.54, 1.807) is 36.4 Å². The Labute approximate surface area is 248 Å². The molecule has 0 spiro atoms. The van der Waals surface area contributed by atoms with Crippen LogP contribution in [0.25, 0.3) is 0 Å². The number of hydrogen-bond donors (Lipinski definition) is 0. The van der Waals surface area contributed by atoms with E-state index < -0.39 is 11.9 Å². The Hall–Kier alpha value is -2.02. The molecule has 0 aromatic heterocycles. The van der Waals surface area contributed by atoms with E-state index in [-0.39, 0.29) is 47.0 Å². The SMILES string of the molecule is O=C(CCCc1ccc(Cl)cc1C1CC1)c1ccc(Oc2cc3c(cc2Cl)C(C(=O)[O-])CCO3)cc1.[Na+]. The molecule has 0 saturated heterocycles. The van der Waals surface area contributed by atoms with Gasteiger partial charge in [0.1, 0.15) is 17.2 Å². The van der Waals surface area contributed by atoms with Gasteiger partial charge in [0, 0.05) is 40.5 Å². The van der Waals surface area contributed by atoms with Crippen molar-refractivity contribution in [3.63, 3.8) is 0 Å². The Morgan fingerprint density at radius 3 is 2.43 bits per heavy atom. The van der Waals surface area contributed by atoms with Crippen LogP contribution in [0.15, 0.2) is 54.6 Å². The summed E-state index contributed by atoms with van der Waals surface area (Å²) in [5.74, 6) is 0.0717. The number of rotatable bonds is 9. The van der Waals surface area contributed by atoms with Crippen molar-refractivity contribution in [2.75, 3.05) is 6.61 Å². The second kappa shape index (κ2) is 12.2. The molecule has 1 saturated carbocycles. The van der Waals surface area contributed by atoms with Crippen molar-refractivity contribution in [1.82, 2.24) is 0 Å². The minimum absolute atomic E-state index is 0. The Morgan fingerprint density at radius 2 is 1.73 bits per heavy atom. The second-order valence-corrected chi connectivity index (χ2v) is 10.2. The summed E-state index contributed by atoms with van der Waals surface area (Å²) in [6.45, 7) is 0.281. The van der Waals surface area contributed by atoms with Crippen molar-refractivity contribution >= 4 is 35.0 Å². The van der Waals surface area contributed by atoms with Gasteiger partial charge in [0.2, 0.25) is 0 Å². The summed E-state index contributed by atoms with van der Waals surface area (Å²) in [5, 5.41) is 12.5. The number of ketones is 1. The first kappa shape index (κ1) is 28.0. The fraction of sp³-hybridized carbons (Fsp3) is 0.310. The van der Waals surface area contributed by atoms with Gasteiger partial charge in [0.25, 0.3) is 0 Å². The zero-order chi connectivity index (χ0) is 25.2. The van der Waals surface area contributed by atoms with Crippen molar-refractivity contribution in [3.05, 3.63) is 86.9 Å². The average Bonchev–Trinajstić information content (AvgIpc) is 3.71. The van der Waals surface area contributed by atoms with Gasteiger partial charge in [-0.3, -0.25) is 4.79 Å². The van der Waals surface area contributed by atoms with Crippen molar-refractivity contribution in [1.29, 1.82) is 0 Å². The molecule has 3 aromatic rings. The molecule has 5 rings (SSSR count). The maximum Gasteiger partial charge on any atom is 1.00 e. The molecule has 5 nitrogen and oxygen atoms in total. The Bertz CT molecular complexity index is 1300.